The maximum atomic E-state index is 14.3. The van der Waals surface area contributed by atoms with Gasteiger partial charge in [-0.3, -0.25) is 14.5 Å². The molecule has 1 fully saturated rings. The number of hydrogen-bond acceptors (Lipinski definition) is 5. The van der Waals surface area contributed by atoms with Crippen LogP contribution in [0.25, 0.3) is 0 Å². The summed E-state index contributed by atoms with van der Waals surface area (Å²) in [4.78, 5) is 32.4. The number of fused-ring (bicyclic) bond motifs is 1. The second-order valence-corrected chi connectivity index (χ2v) is 10.7. The highest BCUT2D eigenvalue weighted by Crippen LogP contribution is 2.38. The van der Waals surface area contributed by atoms with E-state index in [1.54, 1.807) is 20.1 Å². The molecule has 2 unspecified atom stereocenters. The fourth-order valence-corrected chi connectivity index (χ4v) is 5.36. The molecule has 8 heteroatoms. The standard InChI is InChI=1S/C30H40FN3O4/c1-21(2)18-28(35)34-11-10-23-8-9-26(20-27(23)29(34)24-6-5-7-25(31)19-24)38-22(3)30(36)33-14-12-32(13-15-33)16-17-37-4/h5-9,19-22,29H,10-18H2,1-4H3. The van der Waals surface area contributed by atoms with Crippen molar-refractivity contribution in [2.24, 2.45) is 5.92 Å². The van der Waals surface area contributed by atoms with Crippen LogP contribution in [0.2, 0.25) is 0 Å². The van der Waals surface area contributed by atoms with Gasteiger partial charge in [0.1, 0.15) is 11.6 Å². The van der Waals surface area contributed by atoms with Crippen molar-refractivity contribution >= 4 is 11.8 Å². The predicted molar refractivity (Wildman–Crippen MR) is 145 cm³/mol. The molecule has 2 aliphatic heterocycles. The topological polar surface area (TPSA) is 62.3 Å². The number of carbonyl (C=O) groups is 2. The first-order valence-electron chi connectivity index (χ1n) is 13.6. The molecule has 38 heavy (non-hydrogen) atoms. The first-order chi connectivity index (χ1) is 18.3. The highest BCUT2D eigenvalue weighted by Gasteiger charge is 2.33. The van der Waals surface area contributed by atoms with Gasteiger partial charge in [-0.1, -0.05) is 32.0 Å². The summed E-state index contributed by atoms with van der Waals surface area (Å²) in [7, 11) is 1.70. The van der Waals surface area contributed by atoms with Crippen LogP contribution in [-0.2, 0) is 20.7 Å². The van der Waals surface area contributed by atoms with E-state index in [2.05, 4.69) is 4.90 Å². The van der Waals surface area contributed by atoms with E-state index < -0.39 is 12.1 Å². The van der Waals surface area contributed by atoms with Crippen LogP contribution in [0.1, 0.15) is 49.9 Å². The minimum Gasteiger partial charge on any atom is -0.481 e. The molecular weight excluding hydrogens is 485 g/mol. The lowest BCUT2D eigenvalue weighted by atomic mass is 9.87. The van der Waals surface area contributed by atoms with E-state index in [1.807, 2.05) is 47.9 Å². The third-order valence-electron chi connectivity index (χ3n) is 7.37. The number of hydrogen-bond donors (Lipinski definition) is 0. The number of halogens is 1. The second-order valence-electron chi connectivity index (χ2n) is 10.7. The molecular formula is C30H40FN3O4. The summed E-state index contributed by atoms with van der Waals surface area (Å²) in [6, 6.07) is 11.9. The van der Waals surface area contributed by atoms with Crippen LogP contribution in [0.15, 0.2) is 42.5 Å². The smallest absolute Gasteiger partial charge is 0.263 e. The molecule has 0 bridgehead atoms. The van der Waals surface area contributed by atoms with Crippen LogP contribution >= 0.6 is 0 Å². The lowest BCUT2D eigenvalue weighted by Crippen LogP contribution is -2.52. The molecule has 0 aliphatic carbocycles. The molecule has 4 rings (SSSR count). The van der Waals surface area contributed by atoms with Crippen molar-refractivity contribution in [1.29, 1.82) is 0 Å². The van der Waals surface area contributed by atoms with E-state index in [9.17, 15) is 14.0 Å². The number of nitrogens with zero attached hydrogens (tertiary/aromatic N) is 3. The molecule has 0 radical (unpaired) electrons. The Labute approximate surface area is 225 Å². The molecule has 2 atom stereocenters. The van der Waals surface area contributed by atoms with Gasteiger partial charge in [0, 0.05) is 52.8 Å². The molecule has 0 saturated carbocycles. The number of piperazine rings is 1. The zero-order chi connectivity index (χ0) is 27.2. The Balaban J connectivity index is 1.52. The minimum absolute atomic E-state index is 0.0375. The molecule has 0 spiro atoms. The third kappa shape index (κ3) is 6.72. The molecule has 0 N–H and O–H groups in total. The zero-order valence-corrected chi connectivity index (χ0v) is 23.0. The molecule has 2 aromatic rings. The molecule has 206 valence electrons. The number of rotatable bonds is 9. The van der Waals surface area contributed by atoms with Gasteiger partial charge in [-0.2, -0.15) is 0 Å². The Morgan fingerprint density at radius 2 is 1.79 bits per heavy atom. The maximum Gasteiger partial charge on any atom is 0.263 e. The van der Waals surface area contributed by atoms with Crippen molar-refractivity contribution in [3.8, 4) is 5.75 Å². The average Bonchev–Trinajstić information content (AvgIpc) is 2.90. The van der Waals surface area contributed by atoms with Crippen LogP contribution < -0.4 is 4.74 Å². The summed E-state index contributed by atoms with van der Waals surface area (Å²) in [5.74, 6) is 0.479. The summed E-state index contributed by atoms with van der Waals surface area (Å²) >= 11 is 0. The third-order valence-corrected chi connectivity index (χ3v) is 7.37. The quantitative estimate of drug-likeness (QED) is 0.497. The van der Waals surface area contributed by atoms with Crippen molar-refractivity contribution < 1.29 is 23.5 Å². The zero-order valence-electron chi connectivity index (χ0n) is 23.0. The van der Waals surface area contributed by atoms with Gasteiger partial charge < -0.3 is 19.3 Å². The molecule has 2 aliphatic rings. The highest BCUT2D eigenvalue weighted by atomic mass is 19.1. The van der Waals surface area contributed by atoms with E-state index in [0.717, 1.165) is 36.3 Å². The van der Waals surface area contributed by atoms with Gasteiger partial charge in [-0.15, -0.1) is 0 Å². The first-order valence-corrected chi connectivity index (χ1v) is 13.6. The molecule has 7 nitrogen and oxygen atoms in total. The fourth-order valence-electron chi connectivity index (χ4n) is 5.36. The molecule has 0 aromatic heterocycles. The SMILES string of the molecule is COCCN1CCN(C(=O)C(C)Oc2ccc3c(c2)C(c2cccc(F)c2)N(C(=O)CC(C)C)CC3)CC1. The monoisotopic (exact) mass is 525 g/mol. The van der Waals surface area contributed by atoms with Crippen LogP contribution in [-0.4, -0.2) is 85.6 Å². The Hall–Kier alpha value is -2.97. The van der Waals surface area contributed by atoms with Crippen molar-refractivity contribution in [3.63, 3.8) is 0 Å². The highest BCUT2D eigenvalue weighted by molar-refractivity contribution is 5.81. The van der Waals surface area contributed by atoms with E-state index in [1.165, 1.54) is 12.1 Å². The van der Waals surface area contributed by atoms with Gasteiger partial charge >= 0.3 is 0 Å². The van der Waals surface area contributed by atoms with Crippen molar-refractivity contribution in [2.45, 2.75) is 45.8 Å². The van der Waals surface area contributed by atoms with Gasteiger partial charge in [-0.05, 0) is 60.2 Å². The Bertz CT molecular complexity index is 1120. The summed E-state index contributed by atoms with van der Waals surface area (Å²) in [6.45, 7) is 10.9. The summed E-state index contributed by atoms with van der Waals surface area (Å²) in [5.41, 5.74) is 2.75. The van der Waals surface area contributed by atoms with Crippen LogP contribution in [0.3, 0.4) is 0 Å². The first kappa shape index (κ1) is 28.0. The Morgan fingerprint density at radius 3 is 2.47 bits per heavy atom. The van der Waals surface area contributed by atoms with Crippen LogP contribution in [0.5, 0.6) is 5.75 Å². The molecule has 1 saturated heterocycles. The van der Waals surface area contributed by atoms with Gasteiger partial charge in [0.15, 0.2) is 6.10 Å². The minimum atomic E-state index is -0.645. The summed E-state index contributed by atoms with van der Waals surface area (Å²) in [6.07, 6.45) is 0.503. The van der Waals surface area contributed by atoms with Gasteiger partial charge in [0.05, 0.1) is 12.6 Å². The lowest BCUT2D eigenvalue weighted by Gasteiger charge is -2.38. The fraction of sp³-hybridized carbons (Fsp3) is 0.533. The van der Waals surface area contributed by atoms with Crippen molar-refractivity contribution in [2.75, 3.05) is 53.0 Å². The van der Waals surface area contributed by atoms with Gasteiger partial charge in [-0.25, -0.2) is 4.39 Å². The predicted octanol–water partition coefficient (Wildman–Crippen LogP) is 3.90. The van der Waals surface area contributed by atoms with Crippen LogP contribution in [0, 0.1) is 11.7 Å². The normalized spacial score (nSPS) is 18.8. The number of carbonyl (C=O) groups excluding carboxylic acids is 2. The summed E-state index contributed by atoms with van der Waals surface area (Å²) in [5, 5.41) is 0. The van der Waals surface area contributed by atoms with Crippen LogP contribution in [0.4, 0.5) is 4.39 Å². The number of ether oxygens (including phenoxy) is 2. The average molecular weight is 526 g/mol. The molecule has 2 aromatic carbocycles. The number of amides is 2. The summed E-state index contributed by atoms with van der Waals surface area (Å²) < 4.78 is 25.6. The van der Waals surface area contributed by atoms with Gasteiger partial charge in [0.2, 0.25) is 5.91 Å². The van der Waals surface area contributed by atoms with E-state index in [-0.39, 0.29) is 23.5 Å². The molecule has 2 amide bonds. The number of benzene rings is 2. The van der Waals surface area contributed by atoms with Crippen molar-refractivity contribution in [3.05, 3.63) is 65.0 Å². The van der Waals surface area contributed by atoms with E-state index in [4.69, 9.17) is 9.47 Å². The Morgan fingerprint density at radius 1 is 1.03 bits per heavy atom. The van der Waals surface area contributed by atoms with E-state index in [0.29, 0.717) is 44.8 Å². The molecule has 2 heterocycles. The van der Waals surface area contributed by atoms with Gasteiger partial charge in [0.25, 0.3) is 5.91 Å². The largest absolute Gasteiger partial charge is 0.481 e. The van der Waals surface area contributed by atoms with E-state index >= 15 is 0 Å². The lowest BCUT2D eigenvalue weighted by molar-refractivity contribution is -0.139. The Kier molecular flexibility index (Phi) is 9.39. The number of methoxy groups -OCH3 is 1. The van der Waals surface area contributed by atoms with Crippen molar-refractivity contribution in [1.82, 2.24) is 14.7 Å². The maximum absolute atomic E-state index is 14.3. The second kappa shape index (κ2) is 12.7.